The smallest absolute Gasteiger partial charge is 0.326 e. The number of carbonyl (C=O) groups excluding carboxylic acids is 3. The molecule has 0 bridgehead atoms. The van der Waals surface area contributed by atoms with E-state index in [2.05, 4.69) is 16.0 Å². The Bertz CT molecular complexity index is 734. The number of carboxylic acids is 3. The van der Waals surface area contributed by atoms with Crippen molar-refractivity contribution in [1.29, 1.82) is 0 Å². The van der Waals surface area contributed by atoms with Crippen LogP contribution in [0.4, 0.5) is 0 Å². The summed E-state index contributed by atoms with van der Waals surface area (Å²) >= 11 is 1.45. The van der Waals surface area contributed by atoms with Crippen molar-refractivity contribution in [3.05, 3.63) is 0 Å². The van der Waals surface area contributed by atoms with E-state index in [0.717, 1.165) is 0 Å². The van der Waals surface area contributed by atoms with Gasteiger partial charge in [-0.15, -0.1) is 0 Å². The van der Waals surface area contributed by atoms with Crippen molar-refractivity contribution in [2.75, 3.05) is 12.0 Å². The monoisotopic (exact) mass is 492 g/mol. The highest BCUT2D eigenvalue weighted by atomic mass is 32.2. The van der Waals surface area contributed by atoms with Gasteiger partial charge in [-0.1, -0.05) is 20.3 Å². The molecule has 0 aromatic carbocycles. The van der Waals surface area contributed by atoms with Crippen LogP contribution in [-0.2, 0) is 28.8 Å². The summed E-state index contributed by atoms with van der Waals surface area (Å²) in [7, 11) is 0. The van der Waals surface area contributed by atoms with Gasteiger partial charge in [0.25, 0.3) is 0 Å². The Kier molecular flexibility index (Phi) is 13.7. The summed E-state index contributed by atoms with van der Waals surface area (Å²) in [5.41, 5.74) is 5.75. The largest absolute Gasteiger partial charge is 0.481 e. The van der Waals surface area contributed by atoms with Crippen molar-refractivity contribution < 1.29 is 44.1 Å². The number of nitrogens with one attached hydrogen (secondary N) is 3. The molecule has 0 aliphatic carbocycles. The molecule has 3 amide bonds. The van der Waals surface area contributed by atoms with Gasteiger partial charge in [-0.2, -0.15) is 11.8 Å². The Hall–Kier alpha value is -2.87. The van der Waals surface area contributed by atoms with Crippen LogP contribution in [0.15, 0.2) is 0 Å². The van der Waals surface area contributed by atoms with Gasteiger partial charge in [0.15, 0.2) is 0 Å². The van der Waals surface area contributed by atoms with Crippen LogP contribution in [0.2, 0.25) is 0 Å². The lowest BCUT2D eigenvalue weighted by molar-refractivity contribution is -0.147. The highest BCUT2D eigenvalue weighted by Crippen LogP contribution is 2.10. The first-order chi connectivity index (χ1) is 15.3. The van der Waals surface area contributed by atoms with Gasteiger partial charge in [-0.3, -0.25) is 24.0 Å². The van der Waals surface area contributed by atoms with Gasteiger partial charge in [0.1, 0.15) is 18.1 Å². The lowest BCUT2D eigenvalue weighted by atomic mass is 9.97. The maximum atomic E-state index is 12.8. The number of thioether (sulfide) groups is 1. The van der Waals surface area contributed by atoms with Gasteiger partial charge in [-0.05, 0) is 24.3 Å². The van der Waals surface area contributed by atoms with Crippen LogP contribution >= 0.6 is 11.8 Å². The molecular formula is C19H32N4O9S. The van der Waals surface area contributed by atoms with Crippen molar-refractivity contribution >= 4 is 47.4 Å². The number of carbonyl (C=O) groups is 6. The van der Waals surface area contributed by atoms with E-state index in [9.17, 15) is 28.8 Å². The maximum Gasteiger partial charge on any atom is 0.326 e. The molecule has 0 rings (SSSR count). The van der Waals surface area contributed by atoms with Gasteiger partial charge < -0.3 is 37.0 Å². The predicted molar refractivity (Wildman–Crippen MR) is 118 cm³/mol. The Balaban J connectivity index is 5.55. The fourth-order valence-corrected chi connectivity index (χ4v) is 3.12. The second kappa shape index (κ2) is 15.1. The van der Waals surface area contributed by atoms with Crippen LogP contribution in [0.25, 0.3) is 0 Å². The lowest BCUT2D eigenvalue weighted by Crippen LogP contribution is -2.59. The predicted octanol–water partition coefficient (Wildman–Crippen LogP) is -1.40. The van der Waals surface area contributed by atoms with E-state index < -0.39 is 78.6 Å². The minimum Gasteiger partial charge on any atom is -0.481 e. The van der Waals surface area contributed by atoms with Gasteiger partial charge in [-0.25, -0.2) is 4.79 Å². The second-order valence-electron chi connectivity index (χ2n) is 7.42. The Morgan fingerprint density at radius 1 is 0.848 bits per heavy atom. The summed E-state index contributed by atoms with van der Waals surface area (Å²) in [6.45, 7) is 3.28. The maximum absolute atomic E-state index is 12.8. The number of carboxylic acid groups (broad SMARTS) is 3. The zero-order chi connectivity index (χ0) is 25.7. The van der Waals surface area contributed by atoms with E-state index in [1.807, 2.05) is 6.26 Å². The Labute approximate surface area is 195 Å². The summed E-state index contributed by atoms with van der Waals surface area (Å²) in [4.78, 5) is 71.0. The number of amides is 3. The quantitative estimate of drug-likeness (QED) is 0.133. The van der Waals surface area contributed by atoms with Crippen molar-refractivity contribution in [2.45, 2.75) is 63.7 Å². The van der Waals surface area contributed by atoms with E-state index in [4.69, 9.17) is 21.1 Å². The third kappa shape index (κ3) is 11.5. The van der Waals surface area contributed by atoms with Crippen LogP contribution < -0.4 is 21.7 Å². The minimum atomic E-state index is -1.73. The summed E-state index contributed by atoms with van der Waals surface area (Å²) in [5, 5.41) is 33.8. The molecule has 188 valence electrons. The molecule has 0 fully saturated rings. The standard InChI is InChI=1S/C19H32N4O9S/c1-4-9(2)15(18(30)22-12(19(31)32)8-14(26)27)23-17(29)11(7-13(24)25)21-16(28)10(20)5-6-33-3/h9-12,15H,4-8,20H2,1-3H3,(H,21,28)(H,22,30)(H,23,29)(H,24,25)(H,26,27)(H,31,32). The summed E-state index contributed by atoms with van der Waals surface area (Å²) in [5.74, 6) is -7.03. The first-order valence-electron chi connectivity index (χ1n) is 10.2. The molecule has 0 aliphatic rings. The molecule has 0 aromatic rings. The molecular weight excluding hydrogens is 460 g/mol. The number of nitrogens with two attached hydrogens (primary N) is 1. The van der Waals surface area contributed by atoms with Gasteiger partial charge in [0.2, 0.25) is 17.7 Å². The second-order valence-corrected chi connectivity index (χ2v) is 8.40. The third-order valence-electron chi connectivity index (χ3n) is 4.77. The Morgan fingerprint density at radius 3 is 1.82 bits per heavy atom. The highest BCUT2D eigenvalue weighted by molar-refractivity contribution is 7.98. The fourth-order valence-electron chi connectivity index (χ4n) is 2.63. The van der Waals surface area contributed by atoms with Crippen LogP contribution in [0.3, 0.4) is 0 Å². The van der Waals surface area contributed by atoms with E-state index in [1.165, 1.54) is 11.8 Å². The molecule has 13 nitrogen and oxygen atoms in total. The van der Waals surface area contributed by atoms with E-state index in [-0.39, 0.29) is 0 Å². The summed E-state index contributed by atoms with van der Waals surface area (Å²) in [6, 6.07) is -5.55. The molecule has 0 heterocycles. The van der Waals surface area contributed by atoms with Gasteiger partial charge in [0, 0.05) is 0 Å². The van der Waals surface area contributed by atoms with E-state index >= 15 is 0 Å². The SMILES string of the molecule is CCC(C)C(NC(=O)C(CC(=O)O)NC(=O)C(N)CCSC)C(=O)NC(CC(=O)O)C(=O)O. The highest BCUT2D eigenvalue weighted by Gasteiger charge is 2.34. The number of hydrogen-bond acceptors (Lipinski definition) is 8. The molecule has 14 heteroatoms. The molecule has 0 radical (unpaired) electrons. The number of hydrogen-bond donors (Lipinski definition) is 7. The molecule has 8 N–H and O–H groups in total. The van der Waals surface area contributed by atoms with Crippen molar-refractivity contribution in [3.8, 4) is 0 Å². The fraction of sp³-hybridized carbons (Fsp3) is 0.684. The van der Waals surface area contributed by atoms with Crippen LogP contribution in [0.5, 0.6) is 0 Å². The first kappa shape index (κ1) is 30.1. The van der Waals surface area contributed by atoms with Crippen LogP contribution in [0.1, 0.15) is 39.5 Å². The van der Waals surface area contributed by atoms with Crippen molar-refractivity contribution in [1.82, 2.24) is 16.0 Å². The van der Waals surface area contributed by atoms with Crippen LogP contribution in [0, 0.1) is 5.92 Å². The average Bonchev–Trinajstić information content (AvgIpc) is 2.72. The Morgan fingerprint density at radius 2 is 1.36 bits per heavy atom. The van der Waals surface area contributed by atoms with Gasteiger partial charge in [0.05, 0.1) is 18.9 Å². The van der Waals surface area contributed by atoms with Crippen molar-refractivity contribution in [3.63, 3.8) is 0 Å². The molecule has 0 aromatic heterocycles. The molecule has 0 spiro atoms. The molecule has 5 unspecified atom stereocenters. The summed E-state index contributed by atoms with van der Waals surface area (Å²) in [6.07, 6.45) is 0.820. The van der Waals surface area contributed by atoms with Crippen molar-refractivity contribution in [2.24, 2.45) is 11.7 Å². The average molecular weight is 493 g/mol. The van der Waals surface area contributed by atoms with Gasteiger partial charge >= 0.3 is 17.9 Å². The first-order valence-corrected chi connectivity index (χ1v) is 11.5. The lowest BCUT2D eigenvalue weighted by Gasteiger charge is -2.27. The van der Waals surface area contributed by atoms with E-state index in [1.54, 1.807) is 13.8 Å². The van der Waals surface area contributed by atoms with E-state index in [0.29, 0.717) is 18.6 Å². The zero-order valence-electron chi connectivity index (χ0n) is 18.7. The zero-order valence-corrected chi connectivity index (χ0v) is 19.5. The number of aliphatic carboxylic acids is 3. The van der Waals surface area contributed by atoms with Crippen LogP contribution in [-0.4, -0.2) is 87.1 Å². The molecule has 0 aliphatic heterocycles. The molecule has 0 saturated carbocycles. The number of rotatable bonds is 16. The molecule has 5 atom stereocenters. The molecule has 33 heavy (non-hydrogen) atoms. The summed E-state index contributed by atoms with van der Waals surface area (Å²) < 4.78 is 0. The normalized spacial score (nSPS) is 15.3. The minimum absolute atomic E-state index is 0.298. The topological polar surface area (TPSA) is 225 Å². The molecule has 0 saturated heterocycles. The third-order valence-corrected chi connectivity index (χ3v) is 5.41.